The summed E-state index contributed by atoms with van der Waals surface area (Å²) in [4.78, 5) is 32.0. The fraction of sp³-hybridized carbons (Fsp3) is 0.111. The monoisotopic (exact) mass is 404 g/mol. The molecule has 0 unspecified atom stereocenters. The molecule has 0 radical (unpaired) electrons. The Morgan fingerprint density at radius 3 is 2.54 bits per heavy atom. The van der Waals surface area contributed by atoms with Gasteiger partial charge in [-0.3, -0.25) is 4.79 Å². The number of halogens is 2. The van der Waals surface area contributed by atoms with Crippen molar-refractivity contribution in [1.29, 1.82) is 0 Å². The largest absolute Gasteiger partial charge is 0.462 e. The predicted molar refractivity (Wildman–Crippen MR) is 99.8 cm³/mol. The Morgan fingerprint density at radius 2 is 1.93 bits per heavy atom. The minimum absolute atomic E-state index is 0.102. The number of carbonyl (C=O) groups is 2. The second-order valence-electron chi connectivity index (χ2n) is 5.44. The van der Waals surface area contributed by atoms with Crippen LogP contribution in [0.25, 0.3) is 0 Å². The van der Waals surface area contributed by atoms with Crippen molar-refractivity contribution in [2.24, 2.45) is 0 Å². The third kappa shape index (κ3) is 3.96. The van der Waals surface area contributed by atoms with E-state index in [1.165, 1.54) is 18.3 Å². The van der Waals surface area contributed by atoms with Gasteiger partial charge in [0.05, 0.1) is 17.7 Å². The molecule has 3 rings (SSSR count). The lowest BCUT2D eigenvalue weighted by Gasteiger charge is -2.04. The summed E-state index contributed by atoms with van der Waals surface area (Å²) < 4.78 is 32.6. The number of ether oxygens (including phenoxy) is 1. The third-order valence-electron chi connectivity index (χ3n) is 3.56. The van der Waals surface area contributed by atoms with Crippen molar-refractivity contribution in [3.05, 3.63) is 64.2 Å². The van der Waals surface area contributed by atoms with E-state index in [0.717, 1.165) is 29.5 Å². The summed E-state index contributed by atoms with van der Waals surface area (Å²) in [5.74, 6) is -3.20. The first-order valence-electron chi connectivity index (χ1n) is 8.06. The molecule has 0 saturated carbocycles. The Hall–Kier alpha value is -3.40. The zero-order valence-corrected chi connectivity index (χ0v) is 15.3. The van der Waals surface area contributed by atoms with Crippen LogP contribution >= 0.6 is 11.3 Å². The number of nitrogen functional groups attached to an aromatic ring is 1. The van der Waals surface area contributed by atoms with E-state index in [-0.39, 0.29) is 28.0 Å². The van der Waals surface area contributed by atoms with Gasteiger partial charge in [-0.05, 0) is 31.2 Å². The number of nitrogens with one attached hydrogen (secondary N) is 1. The number of ketones is 1. The molecular formula is C18H14F2N4O3S. The summed E-state index contributed by atoms with van der Waals surface area (Å²) in [6.07, 6.45) is 1.32. The van der Waals surface area contributed by atoms with Crippen LogP contribution in [0.5, 0.6) is 0 Å². The van der Waals surface area contributed by atoms with Gasteiger partial charge in [0.2, 0.25) is 5.78 Å². The van der Waals surface area contributed by atoms with Gasteiger partial charge in [0.15, 0.2) is 5.13 Å². The molecule has 2 aromatic heterocycles. The normalized spacial score (nSPS) is 10.5. The van der Waals surface area contributed by atoms with Gasteiger partial charge in [-0.15, -0.1) is 0 Å². The van der Waals surface area contributed by atoms with Gasteiger partial charge in [-0.2, -0.15) is 0 Å². The number of nitrogens with zero attached hydrogens (tertiary/aromatic N) is 2. The number of hydrogen-bond acceptors (Lipinski definition) is 8. The summed E-state index contributed by atoms with van der Waals surface area (Å²) in [5.41, 5.74) is 5.32. The number of pyridine rings is 1. The summed E-state index contributed by atoms with van der Waals surface area (Å²) in [6.45, 7) is 1.94. The average molecular weight is 404 g/mol. The second kappa shape index (κ2) is 8.09. The first kappa shape index (κ1) is 19.4. The van der Waals surface area contributed by atoms with Gasteiger partial charge < -0.3 is 15.8 Å². The van der Waals surface area contributed by atoms with Crippen LogP contribution in [-0.2, 0) is 4.74 Å². The van der Waals surface area contributed by atoms with Crippen molar-refractivity contribution in [2.75, 3.05) is 17.7 Å². The number of nitrogens with two attached hydrogens (primary N) is 1. The maximum absolute atomic E-state index is 13.8. The molecule has 0 aliphatic heterocycles. The molecule has 144 valence electrons. The number of rotatable bonds is 6. The van der Waals surface area contributed by atoms with Crippen molar-refractivity contribution >= 4 is 39.9 Å². The number of carbonyl (C=O) groups excluding carboxylic acids is 2. The van der Waals surface area contributed by atoms with Gasteiger partial charge >= 0.3 is 5.97 Å². The van der Waals surface area contributed by atoms with E-state index in [1.807, 2.05) is 0 Å². The van der Waals surface area contributed by atoms with E-state index in [4.69, 9.17) is 10.5 Å². The lowest BCUT2D eigenvalue weighted by Crippen LogP contribution is -2.07. The zero-order valence-electron chi connectivity index (χ0n) is 14.5. The highest BCUT2D eigenvalue weighted by Crippen LogP contribution is 2.30. The highest BCUT2D eigenvalue weighted by atomic mass is 32.1. The summed E-state index contributed by atoms with van der Waals surface area (Å²) >= 11 is 0.832. The molecule has 0 aliphatic rings. The SMILES string of the molecule is CCOC(=O)c1ccc(Nc2nc(N)c(C(=O)c3c(F)cccc3F)s2)nc1. The Labute approximate surface area is 162 Å². The maximum Gasteiger partial charge on any atom is 0.339 e. The van der Waals surface area contributed by atoms with Crippen molar-refractivity contribution in [3.63, 3.8) is 0 Å². The number of hydrogen-bond donors (Lipinski definition) is 2. The summed E-state index contributed by atoms with van der Waals surface area (Å²) in [6, 6.07) is 6.16. The molecule has 0 saturated heterocycles. The minimum atomic E-state index is -0.983. The van der Waals surface area contributed by atoms with Crippen LogP contribution in [0.4, 0.5) is 25.5 Å². The quantitative estimate of drug-likeness (QED) is 0.478. The lowest BCUT2D eigenvalue weighted by atomic mass is 10.1. The lowest BCUT2D eigenvalue weighted by molar-refractivity contribution is 0.0526. The fourth-order valence-corrected chi connectivity index (χ4v) is 3.13. The van der Waals surface area contributed by atoms with Gasteiger partial charge in [0.1, 0.15) is 28.1 Å². The van der Waals surface area contributed by atoms with Crippen LogP contribution < -0.4 is 11.1 Å². The maximum atomic E-state index is 13.8. The van der Waals surface area contributed by atoms with Gasteiger partial charge in [-0.25, -0.2) is 23.5 Å². The number of thiazole rings is 1. The fourth-order valence-electron chi connectivity index (χ4n) is 2.29. The first-order valence-corrected chi connectivity index (χ1v) is 8.87. The highest BCUT2D eigenvalue weighted by Gasteiger charge is 2.24. The van der Waals surface area contributed by atoms with Crippen LogP contribution in [0.3, 0.4) is 0 Å². The van der Waals surface area contributed by atoms with E-state index in [0.29, 0.717) is 5.82 Å². The van der Waals surface area contributed by atoms with Crippen molar-refractivity contribution < 1.29 is 23.1 Å². The van der Waals surface area contributed by atoms with Gasteiger partial charge in [-0.1, -0.05) is 17.4 Å². The molecule has 0 spiro atoms. The Kier molecular flexibility index (Phi) is 5.59. The highest BCUT2D eigenvalue weighted by molar-refractivity contribution is 7.18. The van der Waals surface area contributed by atoms with Crippen molar-refractivity contribution in [1.82, 2.24) is 9.97 Å². The predicted octanol–water partition coefficient (Wildman–Crippen LogP) is 3.55. The van der Waals surface area contributed by atoms with Crippen LogP contribution in [0.1, 0.15) is 32.5 Å². The number of anilines is 3. The zero-order chi connectivity index (χ0) is 20.3. The Balaban J connectivity index is 1.81. The second-order valence-corrected chi connectivity index (χ2v) is 6.44. The third-order valence-corrected chi connectivity index (χ3v) is 4.54. The molecule has 0 aliphatic carbocycles. The van der Waals surface area contributed by atoms with Crippen LogP contribution in [0.2, 0.25) is 0 Å². The van der Waals surface area contributed by atoms with E-state index < -0.39 is 29.0 Å². The standard InChI is InChI=1S/C18H14F2N4O3S/c1-2-27-17(26)9-6-7-12(22-8-9)23-18-24-16(21)15(28-18)14(25)13-10(19)4-3-5-11(13)20/h3-8H,2,21H2,1H3,(H,22,23,24). The van der Waals surface area contributed by atoms with Gasteiger partial charge in [0.25, 0.3) is 0 Å². The molecule has 7 nitrogen and oxygen atoms in total. The van der Waals surface area contributed by atoms with E-state index in [2.05, 4.69) is 15.3 Å². The van der Waals surface area contributed by atoms with E-state index in [1.54, 1.807) is 6.92 Å². The molecule has 28 heavy (non-hydrogen) atoms. The molecule has 3 N–H and O–H groups in total. The summed E-state index contributed by atoms with van der Waals surface area (Å²) in [5, 5.41) is 3.03. The van der Waals surface area contributed by atoms with Crippen LogP contribution in [-0.4, -0.2) is 28.3 Å². The summed E-state index contributed by atoms with van der Waals surface area (Å²) in [7, 11) is 0. The van der Waals surface area contributed by atoms with E-state index >= 15 is 0 Å². The number of benzene rings is 1. The first-order chi connectivity index (χ1) is 13.4. The molecule has 10 heteroatoms. The molecule has 0 bridgehead atoms. The molecule has 0 amide bonds. The molecular weight excluding hydrogens is 390 g/mol. The van der Waals surface area contributed by atoms with Gasteiger partial charge in [0, 0.05) is 6.20 Å². The van der Waals surface area contributed by atoms with Crippen molar-refractivity contribution in [2.45, 2.75) is 6.92 Å². The molecule has 0 atom stereocenters. The average Bonchev–Trinajstić information content (AvgIpc) is 3.02. The Bertz CT molecular complexity index is 1020. The topological polar surface area (TPSA) is 107 Å². The van der Waals surface area contributed by atoms with E-state index in [9.17, 15) is 18.4 Å². The number of aromatic nitrogens is 2. The molecule has 0 fully saturated rings. The molecule has 1 aromatic carbocycles. The Morgan fingerprint density at radius 1 is 1.21 bits per heavy atom. The van der Waals surface area contributed by atoms with Crippen LogP contribution in [0.15, 0.2) is 36.5 Å². The minimum Gasteiger partial charge on any atom is -0.462 e. The smallest absolute Gasteiger partial charge is 0.339 e. The molecule has 2 heterocycles. The number of esters is 1. The molecule has 3 aromatic rings. The van der Waals surface area contributed by atoms with Crippen molar-refractivity contribution in [3.8, 4) is 0 Å². The van der Waals surface area contributed by atoms with Crippen LogP contribution in [0, 0.1) is 11.6 Å².